The molecule has 2 saturated carbocycles. The largest absolute Gasteiger partial charge is 0.314 e. The third kappa shape index (κ3) is 4.55. The third-order valence-electron chi connectivity index (χ3n) is 4.09. The predicted molar refractivity (Wildman–Crippen MR) is 66.0 cm³/mol. The average Bonchev–Trinajstić information content (AvgIpc) is 3.01. The van der Waals surface area contributed by atoms with Crippen molar-refractivity contribution in [1.29, 1.82) is 0 Å². The zero-order valence-corrected chi connectivity index (χ0v) is 10.3. The lowest BCUT2D eigenvalue weighted by Gasteiger charge is -2.26. The first kappa shape index (κ1) is 11.4. The highest BCUT2D eigenvalue weighted by molar-refractivity contribution is 4.80. The van der Waals surface area contributed by atoms with E-state index in [0.717, 1.165) is 17.9 Å². The van der Waals surface area contributed by atoms with Crippen molar-refractivity contribution in [2.45, 2.75) is 70.8 Å². The van der Waals surface area contributed by atoms with Crippen LogP contribution in [0, 0.1) is 11.8 Å². The van der Waals surface area contributed by atoms with Gasteiger partial charge in [0.25, 0.3) is 0 Å². The van der Waals surface area contributed by atoms with Gasteiger partial charge in [0.2, 0.25) is 0 Å². The molecule has 0 aliphatic heterocycles. The maximum atomic E-state index is 3.60. The molecule has 0 heterocycles. The minimum absolute atomic E-state index is 0.903. The van der Waals surface area contributed by atoms with Gasteiger partial charge in [-0.2, -0.15) is 0 Å². The molecule has 2 unspecified atom stereocenters. The molecule has 0 saturated heterocycles. The summed E-state index contributed by atoms with van der Waals surface area (Å²) in [6, 6.07) is 0.903. The molecule has 0 radical (unpaired) electrons. The first-order valence-electron chi connectivity index (χ1n) is 7.08. The number of hydrogen-bond acceptors (Lipinski definition) is 1. The molecule has 1 heteroatoms. The van der Waals surface area contributed by atoms with Crippen molar-refractivity contribution >= 4 is 0 Å². The van der Waals surface area contributed by atoms with Gasteiger partial charge in [0.15, 0.2) is 0 Å². The summed E-state index contributed by atoms with van der Waals surface area (Å²) in [6.07, 6.45) is 13.2. The Balaban J connectivity index is 1.45. The standard InChI is InChI=1S/C14H27N/c1-12-5-4-7-13(11-12)6-2-3-10-15-14-8-9-14/h12-15H,2-11H2,1H3. The van der Waals surface area contributed by atoms with Crippen molar-refractivity contribution in [1.82, 2.24) is 5.32 Å². The summed E-state index contributed by atoms with van der Waals surface area (Å²) in [6.45, 7) is 3.70. The Hall–Kier alpha value is -0.0400. The van der Waals surface area contributed by atoms with Crippen LogP contribution in [0.1, 0.15) is 64.7 Å². The van der Waals surface area contributed by atoms with Gasteiger partial charge in [-0.25, -0.2) is 0 Å². The lowest BCUT2D eigenvalue weighted by Crippen LogP contribution is -2.18. The van der Waals surface area contributed by atoms with Gasteiger partial charge in [0, 0.05) is 6.04 Å². The second kappa shape index (κ2) is 5.89. The highest BCUT2D eigenvalue weighted by atomic mass is 14.9. The molecule has 88 valence electrons. The maximum absolute atomic E-state index is 3.60. The van der Waals surface area contributed by atoms with Gasteiger partial charge in [-0.05, 0) is 44.1 Å². The highest BCUT2D eigenvalue weighted by Gasteiger charge is 2.20. The van der Waals surface area contributed by atoms with Crippen molar-refractivity contribution < 1.29 is 0 Å². The second-order valence-corrected chi connectivity index (χ2v) is 5.86. The fourth-order valence-electron chi connectivity index (χ4n) is 2.97. The van der Waals surface area contributed by atoms with Gasteiger partial charge in [0.05, 0.1) is 0 Å². The van der Waals surface area contributed by atoms with Crippen LogP contribution in [0.2, 0.25) is 0 Å². The molecule has 2 atom stereocenters. The number of rotatable bonds is 6. The third-order valence-corrected chi connectivity index (χ3v) is 4.09. The van der Waals surface area contributed by atoms with E-state index in [1.807, 2.05) is 0 Å². The lowest BCUT2D eigenvalue weighted by molar-refractivity contribution is 0.264. The Kier molecular flexibility index (Phi) is 4.49. The Morgan fingerprint density at radius 3 is 2.67 bits per heavy atom. The normalized spacial score (nSPS) is 31.8. The van der Waals surface area contributed by atoms with E-state index in [2.05, 4.69) is 12.2 Å². The van der Waals surface area contributed by atoms with E-state index in [4.69, 9.17) is 0 Å². The van der Waals surface area contributed by atoms with Crippen LogP contribution in [0.4, 0.5) is 0 Å². The van der Waals surface area contributed by atoms with Crippen LogP contribution in [-0.2, 0) is 0 Å². The summed E-state index contributed by atoms with van der Waals surface area (Å²) >= 11 is 0. The van der Waals surface area contributed by atoms with Crippen LogP contribution in [0.5, 0.6) is 0 Å². The molecule has 15 heavy (non-hydrogen) atoms. The van der Waals surface area contributed by atoms with Gasteiger partial charge in [-0.3, -0.25) is 0 Å². The van der Waals surface area contributed by atoms with E-state index in [9.17, 15) is 0 Å². The molecular weight excluding hydrogens is 182 g/mol. The van der Waals surface area contributed by atoms with Gasteiger partial charge < -0.3 is 5.32 Å². The van der Waals surface area contributed by atoms with Crippen LogP contribution in [-0.4, -0.2) is 12.6 Å². The molecule has 0 aromatic rings. The summed E-state index contributed by atoms with van der Waals surface area (Å²) < 4.78 is 0. The minimum atomic E-state index is 0.903. The Bertz CT molecular complexity index is 174. The van der Waals surface area contributed by atoms with Crippen molar-refractivity contribution in [3.05, 3.63) is 0 Å². The molecule has 1 nitrogen and oxygen atoms in total. The molecule has 2 aliphatic carbocycles. The van der Waals surface area contributed by atoms with Crippen LogP contribution in [0.3, 0.4) is 0 Å². The van der Waals surface area contributed by atoms with E-state index < -0.39 is 0 Å². The SMILES string of the molecule is CC1CCCC(CCCCNC2CC2)C1. The summed E-state index contributed by atoms with van der Waals surface area (Å²) in [5, 5.41) is 3.60. The second-order valence-electron chi connectivity index (χ2n) is 5.86. The van der Waals surface area contributed by atoms with E-state index >= 15 is 0 Å². The molecule has 0 spiro atoms. The molecule has 2 fully saturated rings. The molecule has 0 bridgehead atoms. The number of unbranched alkanes of at least 4 members (excludes halogenated alkanes) is 1. The van der Waals surface area contributed by atoms with Crippen LogP contribution < -0.4 is 5.32 Å². The molecule has 2 aliphatic rings. The van der Waals surface area contributed by atoms with Gasteiger partial charge in [-0.1, -0.05) is 39.0 Å². The summed E-state index contributed by atoms with van der Waals surface area (Å²) in [7, 11) is 0. The molecule has 0 amide bonds. The molecule has 0 aromatic heterocycles. The van der Waals surface area contributed by atoms with Crippen molar-refractivity contribution in [2.75, 3.05) is 6.54 Å². The Morgan fingerprint density at radius 1 is 1.07 bits per heavy atom. The topological polar surface area (TPSA) is 12.0 Å². The van der Waals surface area contributed by atoms with E-state index in [1.165, 1.54) is 64.3 Å². The van der Waals surface area contributed by atoms with E-state index in [0.29, 0.717) is 0 Å². The molecule has 2 rings (SSSR count). The fourth-order valence-corrected chi connectivity index (χ4v) is 2.97. The van der Waals surface area contributed by atoms with Crippen molar-refractivity contribution in [2.24, 2.45) is 11.8 Å². The Labute approximate surface area is 95.0 Å². The number of nitrogens with one attached hydrogen (secondary N) is 1. The smallest absolute Gasteiger partial charge is 0.00682 e. The van der Waals surface area contributed by atoms with E-state index in [-0.39, 0.29) is 0 Å². The Morgan fingerprint density at radius 2 is 1.93 bits per heavy atom. The van der Waals surface area contributed by atoms with Crippen molar-refractivity contribution in [3.8, 4) is 0 Å². The fraction of sp³-hybridized carbons (Fsp3) is 1.00. The van der Waals surface area contributed by atoms with Crippen LogP contribution >= 0.6 is 0 Å². The van der Waals surface area contributed by atoms with Gasteiger partial charge >= 0.3 is 0 Å². The first-order valence-corrected chi connectivity index (χ1v) is 7.08. The maximum Gasteiger partial charge on any atom is 0.00682 e. The summed E-state index contributed by atoms with van der Waals surface area (Å²) in [4.78, 5) is 0. The quantitative estimate of drug-likeness (QED) is 0.657. The van der Waals surface area contributed by atoms with Crippen LogP contribution in [0.25, 0.3) is 0 Å². The number of hydrogen-bond donors (Lipinski definition) is 1. The minimum Gasteiger partial charge on any atom is -0.314 e. The predicted octanol–water partition coefficient (Wildman–Crippen LogP) is 3.74. The van der Waals surface area contributed by atoms with Crippen molar-refractivity contribution in [3.63, 3.8) is 0 Å². The zero-order valence-electron chi connectivity index (χ0n) is 10.3. The van der Waals surface area contributed by atoms with Gasteiger partial charge in [0.1, 0.15) is 0 Å². The van der Waals surface area contributed by atoms with Gasteiger partial charge in [-0.15, -0.1) is 0 Å². The van der Waals surface area contributed by atoms with Crippen LogP contribution in [0.15, 0.2) is 0 Å². The summed E-state index contributed by atoms with van der Waals surface area (Å²) in [5.41, 5.74) is 0. The van der Waals surface area contributed by atoms with E-state index in [1.54, 1.807) is 0 Å². The highest BCUT2D eigenvalue weighted by Crippen LogP contribution is 2.31. The molecule has 0 aromatic carbocycles. The summed E-state index contributed by atoms with van der Waals surface area (Å²) in [5.74, 6) is 2.07. The zero-order chi connectivity index (χ0) is 10.5. The lowest BCUT2D eigenvalue weighted by atomic mass is 9.80. The molecular formula is C14H27N. The average molecular weight is 209 g/mol. The monoisotopic (exact) mass is 209 g/mol. The molecule has 1 N–H and O–H groups in total. The first-order chi connectivity index (χ1) is 7.34.